The average molecular weight is 495 g/mol. The van der Waals surface area contributed by atoms with Crippen LogP contribution in [0.2, 0.25) is 0 Å². The van der Waals surface area contributed by atoms with Crippen molar-refractivity contribution in [3.05, 3.63) is 68.5 Å². The summed E-state index contributed by atoms with van der Waals surface area (Å²) >= 11 is 3.31. The van der Waals surface area contributed by atoms with E-state index in [0.717, 1.165) is 35.9 Å². The molecule has 1 aliphatic heterocycles. The Morgan fingerprint density at radius 3 is 2.48 bits per heavy atom. The first kappa shape index (κ1) is 21.4. The van der Waals surface area contributed by atoms with E-state index in [1.807, 2.05) is 4.90 Å². The molecule has 9 heteroatoms. The Morgan fingerprint density at radius 1 is 1.03 bits per heavy atom. The van der Waals surface area contributed by atoms with Crippen molar-refractivity contribution in [3.8, 4) is 0 Å². The van der Waals surface area contributed by atoms with Crippen molar-refractivity contribution >= 4 is 44.2 Å². The molecule has 1 amide bonds. The molecule has 2 heterocycles. The zero-order valence-electron chi connectivity index (χ0n) is 16.3. The second-order valence-electron chi connectivity index (χ2n) is 7.36. The highest BCUT2D eigenvalue weighted by Gasteiger charge is 2.32. The van der Waals surface area contributed by atoms with E-state index in [1.165, 1.54) is 12.1 Å². The fraction of sp³-hybridized carbons (Fsp3) is 0.273. The van der Waals surface area contributed by atoms with Crippen LogP contribution >= 0.6 is 15.9 Å². The largest absolute Gasteiger partial charge is 0.422 e. The highest BCUT2D eigenvalue weighted by atomic mass is 79.9. The number of hydrogen-bond donors (Lipinski definition) is 1. The van der Waals surface area contributed by atoms with Gasteiger partial charge in [0.05, 0.1) is 16.9 Å². The first-order valence-corrected chi connectivity index (χ1v) is 10.5. The molecule has 1 N–H and O–H groups in total. The van der Waals surface area contributed by atoms with Crippen LogP contribution in [-0.2, 0) is 6.18 Å². The minimum absolute atomic E-state index is 0.00969. The van der Waals surface area contributed by atoms with Crippen LogP contribution in [-0.4, -0.2) is 19.0 Å². The summed E-state index contributed by atoms with van der Waals surface area (Å²) in [5.74, 6) is -0.826. The standard InChI is InChI=1S/C22H18BrF3N2O3/c23-15-5-7-19-13(10-15)11-16(21(30)31-19)20(29)27-17-12-14(22(24,25)26)4-6-18(17)28-8-2-1-3-9-28/h4-7,10-12H,1-3,8-9H2,(H,27,29). The maximum atomic E-state index is 13.3. The topological polar surface area (TPSA) is 62.6 Å². The number of hydrogen-bond acceptors (Lipinski definition) is 4. The van der Waals surface area contributed by atoms with Gasteiger partial charge in [-0.15, -0.1) is 0 Å². The van der Waals surface area contributed by atoms with E-state index >= 15 is 0 Å². The molecule has 1 aromatic heterocycles. The van der Waals surface area contributed by atoms with E-state index < -0.39 is 23.3 Å². The first-order chi connectivity index (χ1) is 14.7. The molecular formula is C22H18BrF3N2O3. The van der Waals surface area contributed by atoms with Gasteiger partial charge in [0.15, 0.2) is 0 Å². The van der Waals surface area contributed by atoms with Crippen LogP contribution in [0.25, 0.3) is 11.0 Å². The average Bonchev–Trinajstić information content (AvgIpc) is 2.73. The van der Waals surface area contributed by atoms with Crippen molar-refractivity contribution in [1.82, 2.24) is 0 Å². The summed E-state index contributed by atoms with van der Waals surface area (Å²) in [5, 5.41) is 3.02. The third-order valence-corrected chi connectivity index (χ3v) is 5.70. The molecule has 162 valence electrons. The number of nitrogens with zero attached hydrogens (tertiary/aromatic N) is 1. The van der Waals surface area contributed by atoms with Crippen molar-refractivity contribution in [2.24, 2.45) is 0 Å². The fourth-order valence-corrected chi connectivity index (χ4v) is 4.04. The second-order valence-corrected chi connectivity index (χ2v) is 8.28. The number of piperidine rings is 1. The third kappa shape index (κ3) is 4.61. The molecule has 0 aliphatic carbocycles. The fourth-order valence-electron chi connectivity index (χ4n) is 3.67. The van der Waals surface area contributed by atoms with Gasteiger partial charge in [0.1, 0.15) is 11.1 Å². The minimum atomic E-state index is -4.56. The van der Waals surface area contributed by atoms with E-state index in [0.29, 0.717) is 29.7 Å². The van der Waals surface area contributed by atoms with Gasteiger partial charge < -0.3 is 14.6 Å². The SMILES string of the molecule is O=C(Nc1cc(C(F)(F)F)ccc1N1CCCCC1)c1cc2cc(Br)ccc2oc1=O. The lowest BCUT2D eigenvalue weighted by atomic mass is 10.1. The molecule has 2 aromatic carbocycles. The molecule has 0 saturated carbocycles. The Balaban J connectivity index is 1.73. The number of nitrogens with one attached hydrogen (secondary N) is 1. The van der Waals surface area contributed by atoms with Gasteiger partial charge >= 0.3 is 11.8 Å². The Kier molecular flexibility index (Phi) is 5.79. The van der Waals surface area contributed by atoms with Crippen LogP contribution in [0, 0.1) is 0 Å². The van der Waals surface area contributed by atoms with Crippen molar-refractivity contribution in [2.45, 2.75) is 25.4 Å². The summed E-state index contributed by atoms with van der Waals surface area (Å²) in [5.41, 5.74) is -1.22. The zero-order chi connectivity index (χ0) is 22.2. The second kappa shape index (κ2) is 8.37. The Bertz CT molecular complexity index is 1200. The number of rotatable bonds is 3. The van der Waals surface area contributed by atoms with Gasteiger partial charge in [0, 0.05) is 22.9 Å². The lowest BCUT2D eigenvalue weighted by Crippen LogP contribution is -2.31. The number of fused-ring (bicyclic) bond motifs is 1. The predicted molar refractivity (Wildman–Crippen MR) is 116 cm³/mol. The summed E-state index contributed by atoms with van der Waals surface area (Å²) in [6.45, 7) is 1.36. The smallest absolute Gasteiger partial charge is 0.416 e. The normalized spacial score (nSPS) is 14.6. The van der Waals surface area contributed by atoms with Crippen molar-refractivity contribution in [2.75, 3.05) is 23.3 Å². The molecule has 5 nitrogen and oxygen atoms in total. The summed E-state index contributed by atoms with van der Waals surface area (Å²) < 4.78 is 45.8. The van der Waals surface area contributed by atoms with Crippen molar-refractivity contribution < 1.29 is 22.4 Å². The summed E-state index contributed by atoms with van der Waals surface area (Å²) in [4.78, 5) is 27.2. The molecule has 1 aliphatic rings. The van der Waals surface area contributed by atoms with Crippen LogP contribution in [0.5, 0.6) is 0 Å². The Morgan fingerprint density at radius 2 is 1.77 bits per heavy atom. The van der Waals surface area contributed by atoms with E-state index in [2.05, 4.69) is 21.2 Å². The van der Waals surface area contributed by atoms with Crippen LogP contribution in [0.15, 0.2) is 56.1 Å². The maximum absolute atomic E-state index is 13.3. The number of amides is 1. The van der Waals surface area contributed by atoms with Gasteiger partial charge in [-0.25, -0.2) is 4.79 Å². The third-order valence-electron chi connectivity index (χ3n) is 5.21. The molecular weight excluding hydrogens is 477 g/mol. The number of carbonyl (C=O) groups is 1. The van der Waals surface area contributed by atoms with Crippen LogP contribution in [0.3, 0.4) is 0 Å². The van der Waals surface area contributed by atoms with Crippen LogP contribution in [0.4, 0.5) is 24.5 Å². The molecule has 0 spiro atoms. The maximum Gasteiger partial charge on any atom is 0.416 e. The number of carbonyl (C=O) groups excluding carboxylic acids is 1. The lowest BCUT2D eigenvalue weighted by molar-refractivity contribution is -0.137. The summed E-state index contributed by atoms with van der Waals surface area (Å²) in [7, 11) is 0. The molecule has 0 atom stereocenters. The Hall–Kier alpha value is -2.81. The highest BCUT2D eigenvalue weighted by Crippen LogP contribution is 2.36. The lowest BCUT2D eigenvalue weighted by Gasteiger charge is -2.31. The summed E-state index contributed by atoms with van der Waals surface area (Å²) in [6, 6.07) is 9.60. The number of halogens is 4. The number of anilines is 2. The van der Waals surface area contributed by atoms with Gasteiger partial charge in [0.2, 0.25) is 0 Å². The molecule has 31 heavy (non-hydrogen) atoms. The van der Waals surface area contributed by atoms with E-state index in [9.17, 15) is 22.8 Å². The molecule has 0 unspecified atom stereocenters. The monoisotopic (exact) mass is 494 g/mol. The summed E-state index contributed by atoms with van der Waals surface area (Å²) in [6.07, 6.45) is -1.68. The Labute approximate surface area is 184 Å². The highest BCUT2D eigenvalue weighted by molar-refractivity contribution is 9.10. The quantitative estimate of drug-likeness (QED) is 0.466. The number of alkyl halides is 3. The van der Waals surface area contributed by atoms with Crippen molar-refractivity contribution in [1.29, 1.82) is 0 Å². The van der Waals surface area contributed by atoms with Crippen LogP contribution in [0.1, 0.15) is 35.2 Å². The van der Waals surface area contributed by atoms with Gasteiger partial charge in [0.25, 0.3) is 5.91 Å². The molecule has 0 radical (unpaired) electrons. The molecule has 1 fully saturated rings. The molecule has 4 rings (SSSR count). The van der Waals surface area contributed by atoms with E-state index in [-0.39, 0.29) is 11.3 Å². The van der Waals surface area contributed by atoms with Gasteiger partial charge in [-0.05, 0) is 61.7 Å². The molecule has 0 bridgehead atoms. The van der Waals surface area contributed by atoms with E-state index in [4.69, 9.17) is 4.42 Å². The van der Waals surface area contributed by atoms with Gasteiger partial charge in [-0.3, -0.25) is 4.79 Å². The number of benzene rings is 2. The predicted octanol–water partition coefficient (Wildman–Crippen LogP) is 5.82. The minimum Gasteiger partial charge on any atom is -0.422 e. The van der Waals surface area contributed by atoms with E-state index in [1.54, 1.807) is 18.2 Å². The van der Waals surface area contributed by atoms with Crippen LogP contribution < -0.4 is 15.8 Å². The zero-order valence-corrected chi connectivity index (χ0v) is 17.8. The van der Waals surface area contributed by atoms with Gasteiger partial charge in [-0.2, -0.15) is 13.2 Å². The molecule has 3 aromatic rings. The van der Waals surface area contributed by atoms with Gasteiger partial charge in [-0.1, -0.05) is 15.9 Å². The first-order valence-electron chi connectivity index (χ1n) is 9.73. The molecule has 1 saturated heterocycles. The van der Waals surface area contributed by atoms with Crippen molar-refractivity contribution in [3.63, 3.8) is 0 Å².